The Bertz CT molecular complexity index is 904. The molecule has 0 spiro atoms. The average Bonchev–Trinajstić information content (AvgIpc) is 3.00. The first-order valence-electron chi connectivity index (χ1n) is 8.68. The van der Waals surface area contributed by atoms with Crippen molar-refractivity contribution < 1.29 is 27.2 Å². The maximum atomic E-state index is 12.3. The van der Waals surface area contributed by atoms with Gasteiger partial charge in [0.15, 0.2) is 17.3 Å². The number of nitrogens with one attached hydrogen (secondary N) is 2. The van der Waals surface area contributed by atoms with Gasteiger partial charge >= 0.3 is 0 Å². The molecule has 1 amide bonds. The van der Waals surface area contributed by atoms with Crippen molar-refractivity contribution in [3.8, 4) is 11.5 Å². The van der Waals surface area contributed by atoms with E-state index in [1.165, 1.54) is 6.92 Å². The van der Waals surface area contributed by atoms with Crippen LogP contribution >= 0.6 is 0 Å². The van der Waals surface area contributed by atoms with Crippen LogP contribution in [0.25, 0.3) is 0 Å². The lowest BCUT2D eigenvalue weighted by Gasteiger charge is -2.10. The van der Waals surface area contributed by atoms with Crippen molar-refractivity contribution in [2.45, 2.75) is 31.6 Å². The summed E-state index contributed by atoms with van der Waals surface area (Å²) in [5.41, 5.74) is 1.27. The zero-order valence-electron chi connectivity index (χ0n) is 16.4. The van der Waals surface area contributed by atoms with Crippen molar-refractivity contribution in [1.29, 1.82) is 0 Å². The predicted molar refractivity (Wildman–Crippen MR) is 102 cm³/mol. The van der Waals surface area contributed by atoms with Crippen LogP contribution in [0.5, 0.6) is 11.5 Å². The van der Waals surface area contributed by atoms with Crippen molar-refractivity contribution in [2.24, 2.45) is 0 Å². The number of aromatic nitrogens is 1. The van der Waals surface area contributed by atoms with Gasteiger partial charge in [-0.25, -0.2) is 13.1 Å². The van der Waals surface area contributed by atoms with Crippen LogP contribution in [-0.4, -0.2) is 46.8 Å². The van der Waals surface area contributed by atoms with E-state index in [1.807, 2.05) is 12.1 Å². The topological polar surface area (TPSA) is 120 Å². The molecule has 1 aromatic heterocycles. The molecule has 0 unspecified atom stereocenters. The normalized spacial score (nSPS) is 11.3. The Kier molecular flexibility index (Phi) is 7.41. The summed E-state index contributed by atoms with van der Waals surface area (Å²) >= 11 is 0. The molecule has 0 aliphatic heterocycles. The number of amides is 1. The predicted octanol–water partition coefficient (Wildman–Crippen LogP) is 1.34. The van der Waals surface area contributed by atoms with Gasteiger partial charge in [-0.3, -0.25) is 4.79 Å². The Morgan fingerprint density at radius 2 is 1.86 bits per heavy atom. The highest BCUT2D eigenvalue weighted by atomic mass is 32.2. The van der Waals surface area contributed by atoms with Crippen molar-refractivity contribution in [2.75, 3.05) is 27.3 Å². The second-order valence-electron chi connectivity index (χ2n) is 6.09. The summed E-state index contributed by atoms with van der Waals surface area (Å²) in [6.07, 6.45) is 0.630. The van der Waals surface area contributed by atoms with E-state index in [1.54, 1.807) is 27.2 Å². The molecule has 0 aliphatic carbocycles. The van der Waals surface area contributed by atoms with E-state index in [-0.39, 0.29) is 35.2 Å². The zero-order chi connectivity index (χ0) is 20.7. The summed E-state index contributed by atoms with van der Waals surface area (Å²) < 4.78 is 42.2. The molecule has 2 N–H and O–H groups in total. The number of methoxy groups -OCH3 is 2. The average molecular weight is 411 g/mol. The van der Waals surface area contributed by atoms with E-state index < -0.39 is 10.0 Å². The van der Waals surface area contributed by atoms with Crippen molar-refractivity contribution in [1.82, 2.24) is 15.2 Å². The van der Waals surface area contributed by atoms with Crippen LogP contribution in [0.15, 0.2) is 27.6 Å². The SMILES string of the molecule is COc1ccc(CCNC(=O)CCNS(=O)(=O)c2c(C)noc2C)cc1OC. The second kappa shape index (κ2) is 9.56. The monoisotopic (exact) mass is 411 g/mol. The van der Waals surface area contributed by atoms with E-state index in [0.29, 0.717) is 24.5 Å². The first-order valence-corrected chi connectivity index (χ1v) is 10.2. The highest BCUT2D eigenvalue weighted by Gasteiger charge is 2.23. The van der Waals surface area contributed by atoms with Gasteiger partial charge in [0, 0.05) is 19.5 Å². The molecule has 0 bridgehead atoms. The molecule has 28 heavy (non-hydrogen) atoms. The third-order valence-corrected chi connectivity index (χ3v) is 5.77. The van der Waals surface area contributed by atoms with Crippen LogP contribution in [-0.2, 0) is 21.2 Å². The fraction of sp³-hybridized carbons (Fsp3) is 0.444. The highest BCUT2D eigenvalue weighted by Crippen LogP contribution is 2.27. The number of rotatable bonds is 10. The molecule has 0 saturated carbocycles. The Hall–Kier alpha value is -2.59. The lowest BCUT2D eigenvalue weighted by atomic mass is 10.1. The van der Waals surface area contributed by atoms with E-state index in [2.05, 4.69) is 15.2 Å². The number of hydrogen-bond donors (Lipinski definition) is 2. The maximum absolute atomic E-state index is 12.3. The number of sulfonamides is 1. The number of hydrogen-bond acceptors (Lipinski definition) is 7. The summed E-state index contributed by atoms with van der Waals surface area (Å²) in [7, 11) is -0.634. The summed E-state index contributed by atoms with van der Waals surface area (Å²) in [5, 5.41) is 6.39. The Morgan fingerprint density at radius 3 is 2.46 bits per heavy atom. The fourth-order valence-corrected chi connectivity index (χ4v) is 4.06. The first-order chi connectivity index (χ1) is 13.3. The van der Waals surface area contributed by atoms with Gasteiger partial charge in [-0.15, -0.1) is 0 Å². The molecule has 0 fully saturated rings. The molecule has 2 aromatic rings. The number of ether oxygens (including phenoxy) is 2. The van der Waals surface area contributed by atoms with Gasteiger partial charge < -0.3 is 19.3 Å². The van der Waals surface area contributed by atoms with Crippen LogP contribution in [0.3, 0.4) is 0 Å². The number of carbonyl (C=O) groups is 1. The molecular formula is C18H25N3O6S. The van der Waals surface area contributed by atoms with Gasteiger partial charge in [-0.2, -0.15) is 0 Å². The first kappa shape index (κ1) is 21.7. The van der Waals surface area contributed by atoms with Crippen LogP contribution in [0.2, 0.25) is 0 Å². The third-order valence-electron chi connectivity index (χ3n) is 4.06. The highest BCUT2D eigenvalue weighted by molar-refractivity contribution is 7.89. The molecule has 0 aliphatic rings. The number of carbonyl (C=O) groups excluding carboxylic acids is 1. The van der Waals surface area contributed by atoms with E-state index in [0.717, 1.165) is 5.56 Å². The van der Waals surface area contributed by atoms with Gasteiger partial charge in [0.1, 0.15) is 10.6 Å². The van der Waals surface area contributed by atoms with Gasteiger partial charge in [-0.05, 0) is 38.0 Å². The molecule has 9 nitrogen and oxygen atoms in total. The van der Waals surface area contributed by atoms with Crippen molar-refractivity contribution >= 4 is 15.9 Å². The second-order valence-corrected chi connectivity index (χ2v) is 7.79. The van der Waals surface area contributed by atoms with Crippen LogP contribution < -0.4 is 19.5 Å². The minimum Gasteiger partial charge on any atom is -0.493 e. The van der Waals surface area contributed by atoms with Crippen LogP contribution in [0.1, 0.15) is 23.4 Å². The minimum atomic E-state index is -3.76. The van der Waals surface area contributed by atoms with Crippen LogP contribution in [0.4, 0.5) is 0 Å². The standard InChI is InChI=1S/C18H25N3O6S/c1-12-18(13(2)27-21-12)28(23,24)20-10-8-17(22)19-9-7-14-5-6-15(25-3)16(11-14)26-4/h5-6,11,20H,7-10H2,1-4H3,(H,19,22). The molecule has 1 heterocycles. The summed E-state index contributed by atoms with van der Waals surface area (Å²) in [6.45, 7) is 3.47. The Morgan fingerprint density at radius 1 is 1.14 bits per heavy atom. The lowest BCUT2D eigenvalue weighted by molar-refractivity contribution is -0.120. The Labute approximate surface area is 164 Å². The van der Waals surface area contributed by atoms with Gasteiger partial charge in [0.2, 0.25) is 15.9 Å². The molecule has 0 saturated heterocycles. The summed E-state index contributed by atoms with van der Waals surface area (Å²) in [4.78, 5) is 12.0. The van der Waals surface area contributed by atoms with E-state index >= 15 is 0 Å². The number of benzene rings is 1. The molecule has 154 valence electrons. The smallest absolute Gasteiger partial charge is 0.245 e. The van der Waals surface area contributed by atoms with Gasteiger partial charge in [0.25, 0.3) is 0 Å². The molecule has 2 rings (SSSR count). The minimum absolute atomic E-state index is 0.0151. The largest absolute Gasteiger partial charge is 0.493 e. The quantitative estimate of drug-likeness (QED) is 0.605. The van der Waals surface area contributed by atoms with Crippen LogP contribution in [0, 0.1) is 13.8 Å². The fourth-order valence-electron chi connectivity index (χ4n) is 2.70. The molecule has 0 radical (unpaired) electrons. The van der Waals surface area contributed by atoms with Gasteiger partial charge in [0.05, 0.1) is 14.2 Å². The summed E-state index contributed by atoms with van der Waals surface area (Å²) in [6, 6.07) is 5.55. The zero-order valence-corrected chi connectivity index (χ0v) is 17.2. The van der Waals surface area contributed by atoms with E-state index in [4.69, 9.17) is 14.0 Å². The molecule has 10 heteroatoms. The van der Waals surface area contributed by atoms with Crippen molar-refractivity contribution in [3.63, 3.8) is 0 Å². The lowest BCUT2D eigenvalue weighted by Crippen LogP contribution is -2.32. The maximum Gasteiger partial charge on any atom is 0.245 e. The molecular weight excluding hydrogens is 386 g/mol. The third kappa shape index (κ3) is 5.46. The number of aryl methyl sites for hydroxylation is 2. The Balaban J connectivity index is 1.78. The number of nitrogens with zero attached hydrogens (tertiary/aromatic N) is 1. The molecule has 1 aromatic carbocycles. The molecule has 0 atom stereocenters. The summed E-state index contributed by atoms with van der Waals surface area (Å²) in [5.74, 6) is 1.23. The van der Waals surface area contributed by atoms with E-state index in [9.17, 15) is 13.2 Å². The van der Waals surface area contributed by atoms with Gasteiger partial charge in [-0.1, -0.05) is 11.2 Å². The van der Waals surface area contributed by atoms with Crippen molar-refractivity contribution in [3.05, 3.63) is 35.2 Å².